The second-order valence-corrected chi connectivity index (χ2v) is 6.44. The van der Waals surface area contributed by atoms with Gasteiger partial charge < -0.3 is 10.6 Å². The smallest absolute Gasteiger partial charge is 0.237 e. The molecule has 2 rings (SSSR count). The Morgan fingerprint density at radius 3 is 2.32 bits per heavy atom. The van der Waals surface area contributed by atoms with Gasteiger partial charge in [0.1, 0.15) is 0 Å². The summed E-state index contributed by atoms with van der Waals surface area (Å²) in [4.78, 5) is 14.7. The Labute approximate surface area is 117 Å². The number of hydrogen-bond donors (Lipinski definition) is 2. The summed E-state index contributed by atoms with van der Waals surface area (Å²) in [7, 11) is 0. The zero-order valence-corrected chi connectivity index (χ0v) is 12.6. The monoisotopic (exact) mass is 267 g/mol. The number of carbonyl (C=O) groups excluding carboxylic acids is 1. The molecule has 2 N–H and O–H groups in total. The van der Waals surface area contributed by atoms with E-state index < -0.39 is 0 Å². The summed E-state index contributed by atoms with van der Waals surface area (Å²) in [6, 6.07) is 1.35. The Bertz CT molecular complexity index is 292. The van der Waals surface area contributed by atoms with Gasteiger partial charge in [-0.2, -0.15) is 0 Å². The Balaban J connectivity index is 1.83. The molecular formula is C15H29N3O. The Morgan fingerprint density at radius 1 is 1.16 bits per heavy atom. The first kappa shape index (κ1) is 14.8. The van der Waals surface area contributed by atoms with Crippen LogP contribution in [0, 0.1) is 0 Å². The van der Waals surface area contributed by atoms with E-state index in [0.29, 0.717) is 18.1 Å². The van der Waals surface area contributed by atoms with Crippen LogP contribution in [-0.2, 0) is 4.79 Å². The SMILES string of the molecule is CC1CN(C(C)C(=O)NC2CCCCC2)CC(C)N1. The summed E-state index contributed by atoms with van der Waals surface area (Å²) >= 11 is 0. The molecule has 3 atom stereocenters. The van der Waals surface area contributed by atoms with Gasteiger partial charge in [-0.3, -0.25) is 9.69 Å². The first-order chi connectivity index (χ1) is 9.06. The van der Waals surface area contributed by atoms with Crippen LogP contribution < -0.4 is 10.6 Å². The molecule has 19 heavy (non-hydrogen) atoms. The number of rotatable bonds is 3. The fourth-order valence-corrected chi connectivity index (χ4v) is 3.42. The van der Waals surface area contributed by atoms with Gasteiger partial charge in [0, 0.05) is 31.2 Å². The summed E-state index contributed by atoms with van der Waals surface area (Å²) in [6.07, 6.45) is 6.18. The van der Waals surface area contributed by atoms with Gasteiger partial charge >= 0.3 is 0 Å². The lowest BCUT2D eigenvalue weighted by molar-refractivity contribution is -0.127. The van der Waals surface area contributed by atoms with E-state index in [1.807, 2.05) is 6.92 Å². The van der Waals surface area contributed by atoms with Crippen LogP contribution in [0.5, 0.6) is 0 Å². The van der Waals surface area contributed by atoms with Crippen molar-refractivity contribution in [2.24, 2.45) is 0 Å². The van der Waals surface area contributed by atoms with Crippen molar-refractivity contribution in [1.29, 1.82) is 0 Å². The van der Waals surface area contributed by atoms with E-state index in [-0.39, 0.29) is 11.9 Å². The first-order valence-electron chi connectivity index (χ1n) is 7.86. The lowest BCUT2D eigenvalue weighted by Crippen LogP contribution is -2.59. The summed E-state index contributed by atoms with van der Waals surface area (Å²) in [6.45, 7) is 8.35. The van der Waals surface area contributed by atoms with Crippen LogP contribution in [0.1, 0.15) is 52.9 Å². The predicted molar refractivity (Wildman–Crippen MR) is 78.1 cm³/mol. The van der Waals surface area contributed by atoms with E-state index in [4.69, 9.17) is 0 Å². The van der Waals surface area contributed by atoms with Crippen LogP contribution in [0.25, 0.3) is 0 Å². The molecule has 1 amide bonds. The molecule has 2 aliphatic rings. The molecule has 0 aromatic rings. The van der Waals surface area contributed by atoms with Crippen molar-refractivity contribution >= 4 is 5.91 Å². The van der Waals surface area contributed by atoms with Gasteiger partial charge in [0.15, 0.2) is 0 Å². The van der Waals surface area contributed by atoms with E-state index in [2.05, 4.69) is 29.4 Å². The number of nitrogens with one attached hydrogen (secondary N) is 2. The number of hydrogen-bond acceptors (Lipinski definition) is 3. The van der Waals surface area contributed by atoms with E-state index in [9.17, 15) is 4.79 Å². The molecule has 0 aromatic heterocycles. The highest BCUT2D eigenvalue weighted by Gasteiger charge is 2.29. The van der Waals surface area contributed by atoms with Gasteiger partial charge in [-0.05, 0) is 33.6 Å². The number of amides is 1. The molecule has 1 saturated carbocycles. The Hall–Kier alpha value is -0.610. The van der Waals surface area contributed by atoms with Crippen molar-refractivity contribution < 1.29 is 4.79 Å². The summed E-state index contributed by atoms with van der Waals surface area (Å²) in [5.74, 6) is 0.216. The molecule has 110 valence electrons. The average Bonchev–Trinajstić information content (AvgIpc) is 2.37. The van der Waals surface area contributed by atoms with Crippen molar-refractivity contribution in [3.05, 3.63) is 0 Å². The van der Waals surface area contributed by atoms with Gasteiger partial charge in [-0.15, -0.1) is 0 Å². The van der Waals surface area contributed by atoms with Gasteiger partial charge in [-0.1, -0.05) is 19.3 Å². The molecule has 4 heteroatoms. The molecule has 1 aliphatic heterocycles. The van der Waals surface area contributed by atoms with Crippen molar-refractivity contribution in [2.45, 2.75) is 77.0 Å². The first-order valence-corrected chi connectivity index (χ1v) is 7.86. The minimum absolute atomic E-state index is 0.00562. The van der Waals surface area contributed by atoms with E-state index in [0.717, 1.165) is 25.9 Å². The average molecular weight is 267 g/mol. The molecule has 0 aromatic carbocycles. The normalized spacial score (nSPS) is 31.9. The van der Waals surface area contributed by atoms with Crippen LogP contribution in [-0.4, -0.2) is 48.1 Å². The fourth-order valence-electron chi connectivity index (χ4n) is 3.42. The van der Waals surface area contributed by atoms with Crippen molar-refractivity contribution in [1.82, 2.24) is 15.5 Å². The second kappa shape index (κ2) is 6.71. The van der Waals surface area contributed by atoms with Crippen LogP contribution in [0.4, 0.5) is 0 Å². The Morgan fingerprint density at radius 2 is 1.74 bits per heavy atom. The predicted octanol–water partition coefficient (Wildman–Crippen LogP) is 1.51. The minimum Gasteiger partial charge on any atom is -0.352 e. The zero-order valence-electron chi connectivity index (χ0n) is 12.6. The van der Waals surface area contributed by atoms with Crippen molar-refractivity contribution in [2.75, 3.05) is 13.1 Å². The van der Waals surface area contributed by atoms with Crippen LogP contribution >= 0.6 is 0 Å². The van der Waals surface area contributed by atoms with Gasteiger partial charge in [0.05, 0.1) is 6.04 Å². The third kappa shape index (κ3) is 4.18. The highest BCUT2D eigenvalue weighted by atomic mass is 16.2. The third-order valence-electron chi connectivity index (χ3n) is 4.46. The lowest BCUT2D eigenvalue weighted by Gasteiger charge is -2.39. The van der Waals surface area contributed by atoms with Crippen LogP contribution in [0.3, 0.4) is 0 Å². The zero-order chi connectivity index (χ0) is 13.8. The molecule has 0 bridgehead atoms. The van der Waals surface area contributed by atoms with Gasteiger partial charge in [-0.25, -0.2) is 0 Å². The molecule has 1 saturated heterocycles. The second-order valence-electron chi connectivity index (χ2n) is 6.44. The maximum absolute atomic E-state index is 12.4. The molecule has 4 nitrogen and oxygen atoms in total. The van der Waals surface area contributed by atoms with E-state index >= 15 is 0 Å². The number of nitrogens with zero attached hydrogens (tertiary/aromatic N) is 1. The molecule has 3 unspecified atom stereocenters. The van der Waals surface area contributed by atoms with Gasteiger partial charge in [0.25, 0.3) is 0 Å². The largest absolute Gasteiger partial charge is 0.352 e. The third-order valence-corrected chi connectivity index (χ3v) is 4.46. The van der Waals surface area contributed by atoms with Crippen molar-refractivity contribution in [3.8, 4) is 0 Å². The summed E-state index contributed by atoms with van der Waals surface area (Å²) in [5, 5.41) is 6.76. The van der Waals surface area contributed by atoms with Crippen molar-refractivity contribution in [3.63, 3.8) is 0 Å². The van der Waals surface area contributed by atoms with E-state index in [1.54, 1.807) is 0 Å². The number of piperazine rings is 1. The summed E-state index contributed by atoms with van der Waals surface area (Å²) < 4.78 is 0. The lowest BCUT2D eigenvalue weighted by atomic mass is 9.95. The Kier molecular flexibility index (Phi) is 5.22. The fraction of sp³-hybridized carbons (Fsp3) is 0.933. The maximum atomic E-state index is 12.4. The minimum atomic E-state index is -0.00562. The van der Waals surface area contributed by atoms with Gasteiger partial charge in [0.2, 0.25) is 5.91 Å². The highest BCUT2D eigenvalue weighted by molar-refractivity contribution is 5.81. The van der Waals surface area contributed by atoms with Crippen LogP contribution in [0.15, 0.2) is 0 Å². The molecular weight excluding hydrogens is 238 g/mol. The molecule has 1 heterocycles. The maximum Gasteiger partial charge on any atom is 0.237 e. The number of carbonyl (C=O) groups is 1. The molecule has 1 aliphatic carbocycles. The molecule has 2 fully saturated rings. The molecule has 0 spiro atoms. The highest BCUT2D eigenvalue weighted by Crippen LogP contribution is 2.18. The molecule has 0 radical (unpaired) electrons. The topological polar surface area (TPSA) is 44.4 Å². The van der Waals surface area contributed by atoms with E-state index in [1.165, 1.54) is 19.3 Å². The standard InChI is InChI=1S/C15H29N3O/c1-11-9-18(10-12(2)16-11)13(3)15(19)17-14-7-5-4-6-8-14/h11-14,16H,4-10H2,1-3H3,(H,17,19). The van der Waals surface area contributed by atoms with Crippen LogP contribution in [0.2, 0.25) is 0 Å². The summed E-state index contributed by atoms with van der Waals surface area (Å²) in [5.41, 5.74) is 0. The quantitative estimate of drug-likeness (QED) is 0.814.